The summed E-state index contributed by atoms with van der Waals surface area (Å²) in [5.41, 5.74) is 10.0. The summed E-state index contributed by atoms with van der Waals surface area (Å²) >= 11 is 0. The van der Waals surface area contributed by atoms with Crippen LogP contribution in [-0.2, 0) is 17.9 Å². The zero-order valence-corrected chi connectivity index (χ0v) is 18.4. The smallest absolute Gasteiger partial charge is 0.242 e. The van der Waals surface area contributed by atoms with Gasteiger partial charge in [0.1, 0.15) is 23.2 Å². The van der Waals surface area contributed by atoms with Crippen molar-refractivity contribution < 1.29 is 9.18 Å². The number of anilines is 2. The first-order chi connectivity index (χ1) is 14.6. The number of rotatable bonds is 4. The summed E-state index contributed by atoms with van der Waals surface area (Å²) < 4.78 is 15.6. The van der Waals surface area contributed by atoms with E-state index in [0.717, 1.165) is 28.6 Å². The number of hydrogen-bond donors (Lipinski definition) is 2. The minimum Gasteiger partial charge on any atom is -0.340 e. The molecular formula is C24H28FN5O. The maximum atomic E-state index is 13.5. The van der Waals surface area contributed by atoms with Crippen LogP contribution in [0.1, 0.15) is 30.8 Å². The molecule has 0 radical (unpaired) electrons. The lowest BCUT2D eigenvalue weighted by atomic mass is 10.1. The molecule has 0 bridgehead atoms. The van der Waals surface area contributed by atoms with E-state index in [1.165, 1.54) is 23.3 Å². The number of aryl methyl sites for hydroxylation is 2. The van der Waals surface area contributed by atoms with Crippen molar-refractivity contribution in [3.8, 4) is 11.3 Å². The van der Waals surface area contributed by atoms with Crippen LogP contribution in [0.15, 0.2) is 42.5 Å². The molecule has 0 atom stereocenters. The molecule has 31 heavy (non-hydrogen) atoms. The Kier molecular flexibility index (Phi) is 5.31. The Morgan fingerprint density at radius 3 is 2.45 bits per heavy atom. The number of nitrogens with zero attached hydrogens (tertiary/aromatic N) is 3. The van der Waals surface area contributed by atoms with Crippen molar-refractivity contribution in [3.05, 3.63) is 65.2 Å². The van der Waals surface area contributed by atoms with Gasteiger partial charge in [0, 0.05) is 24.3 Å². The topological polar surface area (TPSA) is 76.2 Å². The molecule has 1 aliphatic rings. The van der Waals surface area contributed by atoms with Crippen molar-refractivity contribution >= 4 is 17.4 Å². The Balaban J connectivity index is 1.76. The molecule has 3 N–H and O–H groups in total. The summed E-state index contributed by atoms with van der Waals surface area (Å²) in [4.78, 5) is 19.3. The Morgan fingerprint density at radius 1 is 1.10 bits per heavy atom. The summed E-state index contributed by atoms with van der Waals surface area (Å²) in [5, 5.41) is 3.51. The minimum atomic E-state index is -0.935. The molecule has 6 nitrogen and oxygen atoms in total. The van der Waals surface area contributed by atoms with E-state index in [4.69, 9.17) is 10.7 Å². The minimum absolute atomic E-state index is 0.103. The highest BCUT2D eigenvalue weighted by atomic mass is 19.1. The Hall–Kier alpha value is -3.19. The van der Waals surface area contributed by atoms with Crippen molar-refractivity contribution in [2.45, 2.75) is 46.3 Å². The van der Waals surface area contributed by atoms with E-state index in [2.05, 4.69) is 35.9 Å². The van der Waals surface area contributed by atoms with E-state index in [-0.39, 0.29) is 11.7 Å². The Labute approximate surface area is 181 Å². The largest absolute Gasteiger partial charge is 0.340 e. The van der Waals surface area contributed by atoms with Gasteiger partial charge in [-0.2, -0.15) is 0 Å². The normalized spacial score (nSPS) is 13.8. The molecule has 4 rings (SSSR count). The van der Waals surface area contributed by atoms with Crippen molar-refractivity contribution in [2.75, 3.05) is 11.9 Å². The molecule has 0 saturated carbocycles. The second kappa shape index (κ2) is 7.81. The van der Waals surface area contributed by atoms with Crippen LogP contribution in [0.25, 0.3) is 11.3 Å². The standard InChI is InChI=1S/C24H28FN5O/c1-15-5-10-19(13-16(15)2)27-22-21(17-6-8-18(25)9-7-17)28-20-14-29(11-12-30(20)22)23(31)24(3,4)26/h5-10,13,27H,11-12,14,26H2,1-4H3. The van der Waals surface area contributed by atoms with Gasteiger partial charge in [-0.3, -0.25) is 4.79 Å². The van der Waals surface area contributed by atoms with E-state index in [1.54, 1.807) is 30.9 Å². The highest BCUT2D eigenvalue weighted by molar-refractivity contribution is 5.85. The molecule has 1 amide bonds. The molecule has 7 heteroatoms. The Morgan fingerprint density at radius 2 is 1.81 bits per heavy atom. The van der Waals surface area contributed by atoms with Crippen LogP contribution >= 0.6 is 0 Å². The number of imidazole rings is 1. The van der Waals surface area contributed by atoms with Crippen LogP contribution in [0.4, 0.5) is 15.9 Å². The van der Waals surface area contributed by atoms with E-state index < -0.39 is 5.54 Å². The first-order valence-corrected chi connectivity index (χ1v) is 10.4. The average molecular weight is 422 g/mol. The number of fused-ring (bicyclic) bond motifs is 1. The maximum Gasteiger partial charge on any atom is 0.242 e. The molecule has 3 aromatic rings. The van der Waals surface area contributed by atoms with Gasteiger partial charge in [0.05, 0.1) is 12.1 Å². The molecule has 0 spiro atoms. The van der Waals surface area contributed by atoms with E-state index in [0.29, 0.717) is 19.6 Å². The average Bonchev–Trinajstić information content (AvgIpc) is 3.07. The number of carbonyl (C=O) groups excluding carboxylic acids is 1. The second-order valence-electron chi connectivity index (χ2n) is 8.76. The zero-order valence-electron chi connectivity index (χ0n) is 18.4. The summed E-state index contributed by atoms with van der Waals surface area (Å²) in [5.74, 6) is 1.21. The SMILES string of the molecule is Cc1ccc(Nc2c(-c3ccc(F)cc3)nc3n2CCN(C(=O)C(C)(C)N)C3)cc1C. The number of nitrogens with one attached hydrogen (secondary N) is 1. The van der Waals surface area contributed by atoms with Crippen molar-refractivity contribution in [1.29, 1.82) is 0 Å². The van der Waals surface area contributed by atoms with Crippen molar-refractivity contribution in [1.82, 2.24) is 14.5 Å². The number of hydrogen-bond acceptors (Lipinski definition) is 4. The predicted octanol–water partition coefficient (Wildman–Crippen LogP) is 4.13. The van der Waals surface area contributed by atoms with Gasteiger partial charge in [-0.15, -0.1) is 0 Å². The number of aromatic nitrogens is 2. The molecule has 162 valence electrons. The summed E-state index contributed by atoms with van der Waals surface area (Å²) in [6.45, 7) is 9.10. The number of halogens is 1. The molecule has 0 saturated heterocycles. The molecule has 0 fully saturated rings. The third kappa shape index (κ3) is 4.18. The zero-order chi connectivity index (χ0) is 22.3. The van der Waals surface area contributed by atoms with Crippen molar-refractivity contribution in [3.63, 3.8) is 0 Å². The molecule has 2 heterocycles. The van der Waals surface area contributed by atoms with Crippen LogP contribution in [0.2, 0.25) is 0 Å². The van der Waals surface area contributed by atoms with Crippen molar-refractivity contribution in [2.24, 2.45) is 5.73 Å². The summed E-state index contributed by atoms with van der Waals surface area (Å²) in [6, 6.07) is 12.5. The quantitative estimate of drug-likeness (QED) is 0.664. The summed E-state index contributed by atoms with van der Waals surface area (Å²) in [6.07, 6.45) is 0. The highest BCUT2D eigenvalue weighted by Crippen LogP contribution is 2.34. The molecule has 1 aliphatic heterocycles. The van der Waals surface area contributed by atoms with Gasteiger partial charge >= 0.3 is 0 Å². The van der Waals surface area contributed by atoms with Crippen LogP contribution in [0.3, 0.4) is 0 Å². The first kappa shape index (κ1) is 21.1. The fraction of sp³-hybridized carbons (Fsp3) is 0.333. The van der Waals surface area contributed by atoms with E-state index in [1.807, 2.05) is 6.07 Å². The molecule has 0 unspecified atom stereocenters. The predicted molar refractivity (Wildman–Crippen MR) is 121 cm³/mol. The van der Waals surface area contributed by atoms with E-state index >= 15 is 0 Å². The summed E-state index contributed by atoms with van der Waals surface area (Å²) in [7, 11) is 0. The maximum absolute atomic E-state index is 13.5. The van der Waals surface area contributed by atoms with Gasteiger partial charge in [0.15, 0.2) is 0 Å². The lowest BCUT2D eigenvalue weighted by Gasteiger charge is -2.33. The van der Waals surface area contributed by atoms with Gasteiger partial charge in [0.25, 0.3) is 0 Å². The van der Waals surface area contributed by atoms with Gasteiger partial charge in [-0.25, -0.2) is 9.37 Å². The fourth-order valence-corrected chi connectivity index (χ4v) is 3.80. The first-order valence-electron chi connectivity index (χ1n) is 10.4. The Bertz CT molecular complexity index is 1130. The number of nitrogens with two attached hydrogens (primary N) is 1. The van der Waals surface area contributed by atoms with Gasteiger partial charge in [-0.1, -0.05) is 6.07 Å². The molecule has 1 aromatic heterocycles. The second-order valence-corrected chi connectivity index (χ2v) is 8.76. The monoisotopic (exact) mass is 421 g/mol. The van der Waals surface area contributed by atoms with Crippen LogP contribution in [0, 0.1) is 19.7 Å². The number of benzene rings is 2. The number of carbonyl (C=O) groups is 1. The number of amides is 1. The lowest BCUT2D eigenvalue weighted by Crippen LogP contribution is -2.52. The van der Waals surface area contributed by atoms with Crippen LogP contribution in [0.5, 0.6) is 0 Å². The lowest BCUT2D eigenvalue weighted by molar-refractivity contribution is -0.137. The van der Waals surface area contributed by atoms with Gasteiger partial charge in [-0.05, 0) is 75.2 Å². The molecule has 0 aliphatic carbocycles. The molecular weight excluding hydrogens is 393 g/mol. The van der Waals surface area contributed by atoms with Gasteiger partial charge < -0.3 is 20.5 Å². The van der Waals surface area contributed by atoms with Crippen LogP contribution in [-0.4, -0.2) is 32.4 Å². The van der Waals surface area contributed by atoms with Gasteiger partial charge in [0.2, 0.25) is 5.91 Å². The highest BCUT2D eigenvalue weighted by Gasteiger charge is 2.32. The molecule has 2 aromatic carbocycles. The van der Waals surface area contributed by atoms with Crippen LogP contribution < -0.4 is 11.1 Å². The van der Waals surface area contributed by atoms with E-state index in [9.17, 15) is 9.18 Å². The third-order valence-electron chi connectivity index (χ3n) is 5.70. The third-order valence-corrected chi connectivity index (χ3v) is 5.70. The fourth-order valence-electron chi connectivity index (χ4n) is 3.80.